The molecule has 0 spiro atoms. The van der Waals surface area contributed by atoms with Gasteiger partial charge >= 0.3 is 0 Å². The highest BCUT2D eigenvalue weighted by molar-refractivity contribution is 6.03. The van der Waals surface area contributed by atoms with Crippen LogP contribution in [0.15, 0.2) is 103 Å². The highest BCUT2D eigenvalue weighted by Gasteiger charge is 2.66. The Morgan fingerprint density at radius 2 is 1.75 bits per heavy atom. The van der Waals surface area contributed by atoms with Crippen LogP contribution in [0.2, 0.25) is 0 Å². The highest BCUT2D eigenvalue weighted by atomic mass is 16.7. The van der Waals surface area contributed by atoms with Crippen molar-refractivity contribution < 1.29 is 34.1 Å². The fourth-order valence-electron chi connectivity index (χ4n) is 9.56. The van der Waals surface area contributed by atoms with E-state index in [9.17, 15) is 15.0 Å². The number of amides is 1. The Labute approximate surface area is 331 Å². The average molecular weight is 763 g/mol. The van der Waals surface area contributed by atoms with Gasteiger partial charge in [0, 0.05) is 43.6 Å². The van der Waals surface area contributed by atoms with E-state index in [4.69, 9.17) is 24.2 Å². The molecule has 1 heterocycles. The van der Waals surface area contributed by atoms with Crippen LogP contribution in [0.4, 0.5) is 0 Å². The topological polar surface area (TPSA) is 110 Å². The molecule has 0 radical (unpaired) electrons. The number of allylic oxidation sites excluding steroid dienone is 1. The van der Waals surface area contributed by atoms with Gasteiger partial charge in [0.15, 0.2) is 0 Å². The van der Waals surface area contributed by atoms with Crippen LogP contribution in [0, 0.1) is 23.7 Å². The normalized spacial score (nSPS) is 25.7. The van der Waals surface area contributed by atoms with Crippen LogP contribution >= 0.6 is 0 Å². The van der Waals surface area contributed by atoms with E-state index in [-0.39, 0.29) is 55.3 Å². The summed E-state index contributed by atoms with van der Waals surface area (Å²) in [6.07, 6.45) is 12.9. The predicted octanol–water partition coefficient (Wildman–Crippen LogP) is 8.50. The molecular weight excluding hydrogens is 705 g/mol. The summed E-state index contributed by atoms with van der Waals surface area (Å²) >= 11 is 0. The van der Waals surface area contributed by atoms with Gasteiger partial charge in [-0.3, -0.25) is 4.79 Å². The number of oxime groups is 1. The molecule has 2 fully saturated rings. The molecule has 7 rings (SSSR count). The molecule has 4 aliphatic rings. The summed E-state index contributed by atoms with van der Waals surface area (Å²) in [6, 6.07) is 20.1. The second-order valence-electron chi connectivity index (χ2n) is 15.7. The van der Waals surface area contributed by atoms with Crippen molar-refractivity contribution in [1.82, 2.24) is 4.90 Å². The van der Waals surface area contributed by atoms with E-state index in [1.807, 2.05) is 36.1 Å². The first kappa shape index (κ1) is 39.8. The van der Waals surface area contributed by atoms with E-state index in [0.29, 0.717) is 38.3 Å². The molecule has 2 N–H and O–H groups in total. The maximum Gasteiger partial charge on any atom is 0.239 e. The van der Waals surface area contributed by atoms with Gasteiger partial charge in [0.05, 0.1) is 18.2 Å². The molecule has 3 aromatic rings. The van der Waals surface area contributed by atoms with Crippen LogP contribution in [-0.2, 0) is 20.9 Å². The standard InChI is InChI=1S/C47H58N2O7/c1-4-26-53-36-22-23-42-40(29-36)44-38(19-10-12-25-51)34(15-9-11-24-50)28-39-41(48-55-6-3)30-43(47(56-42,45(39)44)54-27-5-2)49(46(52)33-20-21-33)31-35-17-13-16-32-14-7-8-18-37(32)35/h4-5,7-8,13-14,16-18,22-23,28-29,33-34,38,43-45,50-51H,1-2,6,9-12,15,19-21,24-27,30-31H2,3H3. The third-order valence-corrected chi connectivity index (χ3v) is 12.1. The molecule has 3 aliphatic carbocycles. The summed E-state index contributed by atoms with van der Waals surface area (Å²) in [5.74, 6) is -0.00614. The molecule has 2 saturated carbocycles. The summed E-state index contributed by atoms with van der Waals surface area (Å²) in [7, 11) is 0. The van der Waals surface area contributed by atoms with Gasteiger partial charge < -0.3 is 34.2 Å². The zero-order chi connectivity index (χ0) is 39.1. The van der Waals surface area contributed by atoms with Crippen LogP contribution < -0.4 is 9.47 Å². The number of hydrogen-bond donors (Lipinski definition) is 2. The van der Waals surface area contributed by atoms with E-state index in [2.05, 4.69) is 55.6 Å². The zero-order valence-electron chi connectivity index (χ0n) is 32.8. The largest absolute Gasteiger partial charge is 0.490 e. The Balaban J connectivity index is 1.46. The van der Waals surface area contributed by atoms with Crippen molar-refractivity contribution >= 4 is 22.4 Å². The number of fused-ring (bicyclic) bond motifs is 3. The number of benzene rings is 3. The lowest BCUT2D eigenvalue weighted by Gasteiger charge is -2.60. The molecular formula is C47H58N2O7. The number of hydrogen-bond acceptors (Lipinski definition) is 8. The third kappa shape index (κ3) is 8.04. The molecule has 9 heteroatoms. The molecule has 0 bridgehead atoms. The molecule has 1 amide bonds. The van der Waals surface area contributed by atoms with Crippen LogP contribution in [0.1, 0.15) is 81.8 Å². The van der Waals surface area contributed by atoms with Crippen molar-refractivity contribution in [3.63, 3.8) is 0 Å². The van der Waals surface area contributed by atoms with Gasteiger partial charge in [0.25, 0.3) is 0 Å². The Hall–Kier alpha value is -4.44. The molecule has 6 atom stereocenters. The monoisotopic (exact) mass is 762 g/mol. The molecule has 9 nitrogen and oxygen atoms in total. The number of unbranched alkanes of at least 4 members (excludes halogenated alkanes) is 2. The van der Waals surface area contributed by atoms with Gasteiger partial charge in [-0.25, -0.2) is 0 Å². The number of aliphatic hydroxyl groups is 2. The van der Waals surface area contributed by atoms with Crippen molar-refractivity contribution in [2.45, 2.75) is 89.0 Å². The lowest BCUT2D eigenvalue weighted by molar-refractivity contribution is -0.258. The Morgan fingerprint density at radius 3 is 2.50 bits per heavy atom. The van der Waals surface area contributed by atoms with Crippen molar-refractivity contribution in [3.8, 4) is 11.5 Å². The Bertz CT molecular complexity index is 1910. The second kappa shape index (κ2) is 18.2. The van der Waals surface area contributed by atoms with Crippen LogP contribution in [0.3, 0.4) is 0 Å². The fourth-order valence-corrected chi connectivity index (χ4v) is 9.56. The Morgan fingerprint density at radius 1 is 0.982 bits per heavy atom. The summed E-state index contributed by atoms with van der Waals surface area (Å²) in [5.41, 5.74) is 3.94. The molecule has 6 unspecified atom stereocenters. The maximum absolute atomic E-state index is 14.9. The van der Waals surface area contributed by atoms with Crippen LogP contribution in [0.25, 0.3) is 10.8 Å². The zero-order valence-corrected chi connectivity index (χ0v) is 32.8. The van der Waals surface area contributed by atoms with E-state index in [1.54, 1.807) is 12.2 Å². The lowest BCUT2D eigenvalue weighted by Crippen LogP contribution is -2.70. The maximum atomic E-state index is 14.9. The number of nitrogens with zero attached hydrogens (tertiary/aromatic N) is 2. The average Bonchev–Trinajstić information content (AvgIpc) is 4.08. The van der Waals surface area contributed by atoms with E-state index in [1.165, 1.54) is 0 Å². The number of carbonyl (C=O) groups excluding carboxylic acids is 1. The van der Waals surface area contributed by atoms with Gasteiger partial charge in [-0.2, -0.15) is 0 Å². The summed E-state index contributed by atoms with van der Waals surface area (Å²) in [6.45, 7) is 11.5. The van der Waals surface area contributed by atoms with Crippen molar-refractivity contribution in [1.29, 1.82) is 0 Å². The minimum absolute atomic E-state index is 0.0598. The van der Waals surface area contributed by atoms with Gasteiger partial charge in [-0.05, 0) is 97.4 Å². The first-order valence-corrected chi connectivity index (χ1v) is 20.7. The van der Waals surface area contributed by atoms with Crippen LogP contribution in [0.5, 0.6) is 11.5 Å². The summed E-state index contributed by atoms with van der Waals surface area (Å²) < 4.78 is 20.7. The van der Waals surface area contributed by atoms with E-state index in [0.717, 1.165) is 83.9 Å². The number of rotatable bonds is 20. The first-order valence-electron chi connectivity index (χ1n) is 20.7. The number of carbonyl (C=O) groups is 1. The van der Waals surface area contributed by atoms with Gasteiger partial charge in [0.2, 0.25) is 11.7 Å². The Kier molecular flexibility index (Phi) is 12.9. The number of ether oxygens (including phenoxy) is 3. The van der Waals surface area contributed by atoms with E-state index < -0.39 is 11.8 Å². The minimum atomic E-state index is -1.30. The molecule has 1 aliphatic heterocycles. The smallest absolute Gasteiger partial charge is 0.239 e. The lowest BCUT2D eigenvalue weighted by atomic mass is 9.55. The summed E-state index contributed by atoms with van der Waals surface area (Å²) in [4.78, 5) is 22.8. The molecule has 0 saturated heterocycles. The molecule has 3 aromatic carbocycles. The predicted molar refractivity (Wildman–Crippen MR) is 219 cm³/mol. The third-order valence-electron chi connectivity index (χ3n) is 12.1. The van der Waals surface area contributed by atoms with Gasteiger partial charge in [-0.15, -0.1) is 6.58 Å². The second-order valence-corrected chi connectivity index (χ2v) is 15.7. The minimum Gasteiger partial charge on any atom is -0.490 e. The van der Waals surface area contributed by atoms with Crippen molar-refractivity contribution in [3.05, 3.63) is 109 Å². The molecule has 298 valence electrons. The molecule has 56 heavy (non-hydrogen) atoms. The van der Waals surface area contributed by atoms with E-state index >= 15 is 0 Å². The molecule has 0 aromatic heterocycles. The summed E-state index contributed by atoms with van der Waals surface area (Å²) in [5, 5.41) is 26.8. The fraction of sp³-hybridized carbons (Fsp3) is 0.489. The van der Waals surface area contributed by atoms with Crippen LogP contribution in [-0.4, -0.2) is 71.6 Å². The quantitative estimate of drug-likeness (QED) is 0.0675. The van der Waals surface area contributed by atoms with Gasteiger partial charge in [-0.1, -0.05) is 85.3 Å². The highest BCUT2D eigenvalue weighted by Crippen LogP contribution is 2.62. The first-order chi connectivity index (χ1) is 27.5. The van der Waals surface area contributed by atoms with Gasteiger partial charge in [0.1, 0.15) is 30.8 Å². The van der Waals surface area contributed by atoms with Crippen molar-refractivity contribution in [2.24, 2.45) is 28.8 Å². The number of aliphatic hydroxyl groups excluding tert-OH is 2. The van der Waals surface area contributed by atoms with Crippen molar-refractivity contribution in [2.75, 3.05) is 33.0 Å². The SMILES string of the molecule is C=CCOc1ccc2c(c1)C1C(CCCCO)C(CCCCO)C=C3C(=NOCC)CC(N(Cc4cccc5ccccc45)C(=O)C4CC4)C(OCC=C)(O2)C31.